The van der Waals surface area contributed by atoms with Crippen LogP contribution in [0, 0.1) is 28.6 Å². The molecule has 8 atom stereocenters. The SMILES string of the molecule is CC(=O)O[C@H]1CC[C@H]2[C@@H]3C[C@@H](Br)C4=CC(=O)CC[C@]4(C)[C@H]3[C@@H](F)C[C@]12C. The molecule has 144 valence electrons. The van der Waals surface area contributed by atoms with Crippen molar-refractivity contribution in [3.05, 3.63) is 11.6 Å². The van der Waals surface area contributed by atoms with E-state index in [1.165, 1.54) is 6.92 Å². The fourth-order valence-corrected chi connectivity index (χ4v) is 8.05. The molecule has 26 heavy (non-hydrogen) atoms. The first-order valence-corrected chi connectivity index (χ1v) is 10.8. The molecule has 3 fully saturated rings. The second kappa shape index (κ2) is 6.15. The number of esters is 1. The van der Waals surface area contributed by atoms with Gasteiger partial charge in [-0.25, -0.2) is 4.39 Å². The Balaban J connectivity index is 1.71. The number of rotatable bonds is 1. The van der Waals surface area contributed by atoms with Gasteiger partial charge in [0, 0.05) is 29.5 Å². The molecule has 0 aromatic heterocycles. The molecule has 0 unspecified atom stereocenters. The van der Waals surface area contributed by atoms with Gasteiger partial charge in [-0.2, -0.15) is 0 Å². The van der Waals surface area contributed by atoms with E-state index in [4.69, 9.17) is 4.74 Å². The Kier molecular flexibility index (Phi) is 4.41. The van der Waals surface area contributed by atoms with Crippen molar-refractivity contribution >= 4 is 27.7 Å². The van der Waals surface area contributed by atoms with Crippen LogP contribution in [0.25, 0.3) is 0 Å². The van der Waals surface area contributed by atoms with Crippen molar-refractivity contribution in [2.24, 2.45) is 28.6 Å². The zero-order valence-electron chi connectivity index (χ0n) is 15.8. The normalized spacial score (nSPS) is 50.3. The van der Waals surface area contributed by atoms with E-state index in [0.717, 1.165) is 31.3 Å². The van der Waals surface area contributed by atoms with Crippen LogP contribution < -0.4 is 0 Å². The molecular formula is C21H28BrFO3. The summed E-state index contributed by atoms with van der Waals surface area (Å²) >= 11 is 3.82. The van der Waals surface area contributed by atoms with Gasteiger partial charge in [-0.1, -0.05) is 29.8 Å². The number of halogens is 2. The van der Waals surface area contributed by atoms with E-state index < -0.39 is 6.17 Å². The maximum Gasteiger partial charge on any atom is 0.302 e. The monoisotopic (exact) mass is 426 g/mol. The van der Waals surface area contributed by atoms with Crippen LogP contribution in [0.4, 0.5) is 4.39 Å². The lowest BCUT2D eigenvalue weighted by Gasteiger charge is -2.59. The van der Waals surface area contributed by atoms with Gasteiger partial charge in [0.2, 0.25) is 0 Å². The number of hydrogen-bond donors (Lipinski definition) is 0. The molecule has 4 rings (SSSR count). The first kappa shape index (κ1) is 18.6. The number of carbonyl (C=O) groups excluding carboxylic acids is 2. The number of hydrogen-bond acceptors (Lipinski definition) is 3. The fraction of sp³-hybridized carbons (Fsp3) is 0.810. The molecule has 0 aliphatic heterocycles. The molecule has 3 nitrogen and oxygen atoms in total. The highest BCUT2D eigenvalue weighted by molar-refractivity contribution is 9.09. The molecule has 0 bridgehead atoms. The van der Waals surface area contributed by atoms with Crippen molar-refractivity contribution in [1.82, 2.24) is 0 Å². The topological polar surface area (TPSA) is 43.4 Å². The molecule has 4 aliphatic rings. The summed E-state index contributed by atoms with van der Waals surface area (Å²) in [6.45, 7) is 5.74. The van der Waals surface area contributed by atoms with Crippen LogP contribution >= 0.6 is 15.9 Å². The van der Waals surface area contributed by atoms with Crippen molar-refractivity contribution in [2.75, 3.05) is 0 Å². The van der Waals surface area contributed by atoms with E-state index in [1.54, 1.807) is 6.08 Å². The highest BCUT2D eigenvalue weighted by Gasteiger charge is 2.64. The van der Waals surface area contributed by atoms with E-state index in [-0.39, 0.29) is 45.3 Å². The third-order valence-electron chi connectivity index (χ3n) is 8.05. The van der Waals surface area contributed by atoms with Gasteiger partial charge in [-0.3, -0.25) is 9.59 Å². The van der Waals surface area contributed by atoms with Crippen LogP contribution in [-0.4, -0.2) is 28.9 Å². The van der Waals surface area contributed by atoms with E-state index in [9.17, 15) is 9.59 Å². The lowest BCUT2D eigenvalue weighted by molar-refractivity contribution is -0.162. The average Bonchev–Trinajstić information content (AvgIpc) is 2.84. The standard InChI is InChI=1S/C21H28BrFO3/c1-11(24)26-18-5-4-14-13-9-16(22)15-8-12(25)6-7-20(15,2)19(13)17(23)10-21(14,18)3/h8,13-14,16-19H,4-7,9-10H2,1-3H3/t13-,14-,16+,17-,18-,19+,20-,21-/m0/s1. The Morgan fingerprint density at radius 3 is 2.77 bits per heavy atom. The van der Waals surface area contributed by atoms with Crippen LogP contribution in [0.1, 0.15) is 59.3 Å². The molecule has 4 aliphatic carbocycles. The van der Waals surface area contributed by atoms with Gasteiger partial charge >= 0.3 is 5.97 Å². The Labute approximate surface area is 163 Å². The van der Waals surface area contributed by atoms with Gasteiger partial charge in [-0.05, 0) is 61.0 Å². The van der Waals surface area contributed by atoms with Crippen molar-refractivity contribution < 1.29 is 18.7 Å². The predicted octanol–water partition coefficient (Wildman–Crippen LogP) is 4.77. The zero-order valence-corrected chi connectivity index (χ0v) is 17.4. The summed E-state index contributed by atoms with van der Waals surface area (Å²) in [4.78, 5) is 23.7. The molecule has 0 heterocycles. The van der Waals surface area contributed by atoms with Crippen LogP contribution in [-0.2, 0) is 14.3 Å². The summed E-state index contributed by atoms with van der Waals surface area (Å²) in [5, 5.41) is 0. The summed E-state index contributed by atoms with van der Waals surface area (Å²) < 4.78 is 21.3. The van der Waals surface area contributed by atoms with Crippen molar-refractivity contribution in [3.8, 4) is 0 Å². The first-order valence-electron chi connectivity index (χ1n) is 9.87. The number of carbonyl (C=O) groups is 2. The Bertz CT molecular complexity index is 676. The molecule has 0 saturated heterocycles. The van der Waals surface area contributed by atoms with Crippen molar-refractivity contribution in [3.63, 3.8) is 0 Å². The largest absolute Gasteiger partial charge is 0.462 e. The highest BCUT2D eigenvalue weighted by atomic mass is 79.9. The third kappa shape index (κ3) is 2.56. The summed E-state index contributed by atoms with van der Waals surface area (Å²) in [7, 11) is 0. The summed E-state index contributed by atoms with van der Waals surface area (Å²) in [6.07, 6.45) is 5.13. The quantitative estimate of drug-likeness (QED) is 0.447. The second-order valence-corrected chi connectivity index (χ2v) is 10.5. The lowest BCUT2D eigenvalue weighted by Crippen LogP contribution is -2.58. The van der Waals surface area contributed by atoms with Crippen LogP contribution in [0.5, 0.6) is 0 Å². The van der Waals surface area contributed by atoms with Gasteiger partial charge in [-0.15, -0.1) is 0 Å². The molecule has 0 spiro atoms. The summed E-state index contributed by atoms with van der Waals surface area (Å²) in [5.41, 5.74) is 0.586. The highest BCUT2D eigenvalue weighted by Crippen LogP contribution is 2.66. The average molecular weight is 427 g/mol. The minimum absolute atomic E-state index is 0.0372. The van der Waals surface area contributed by atoms with Gasteiger partial charge in [0.1, 0.15) is 12.3 Å². The molecule has 0 aromatic rings. The van der Waals surface area contributed by atoms with Crippen molar-refractivity contribution in [2.45, 2.75) is 76.4 Å². The van der Waals surface area contributed by atoms with E-state index in [2.05, 4.69) is 29.8 Å². The third-order valence-corrected chi connectivity index (χ3v) is 8.92. The number of alkyl halides is 2. The Hall–Kier alpha value is -0.710. The minimum Gasteiger partial charge on any atom is -0.462 e. The Morgan fingerprint density at radius 2 is 2.08 bits per heavy atom. The molecule has 3 saturated carbocycles. The van der Waals surface area contributed by atoms with E-state index >= 15 is 4.39 Å². The number of ether oxygens (including phenoxy) is 1. The fourth-order valence-electron chi connectivity index (χ4n) is 6.97. The first-order chi connectivity index (χ1) is 12.2. The molecule has 0 N–H and O–H groups in total. The van der Waals surface area contributed by atoms with Crippen LogP contribution in [0.3, 0.4) is 0 Å². The molecule has 0 aromatic carbocycles. The Morgan fingerprint density at radius 1 is 1.35 bits per heavy atom. The summed E-state index contributed by atoms with van der Waals surface area (Å²) in [5.74, 6) is 0.514. The van der Waals surface area contributed by atoms with Gasteiger partial charge in [0.05, 0.1) is 0 Å². The number of allylic oxidation sites excluding steroid dienone is 1. The predicted molar refractivity (Wildman–Crippen MR) is 101 cm³/mol. The second-order valence-electron chi connectivity index (χ2n) is 9.38. The maximum atomic E-state index is 15.7. The van der Waals surface area contributed by atoms with E-state index in [1.807, 2.05) is 0 Å². The molecule has 0 amide bonds. The van der Waals surface area contributed by atoms with Crippen LogP contribution in [0.15, 0.2) is 11.6 Å². The molecule has 0 radical (unpaired) electrons. The van der Waals surface area contributed by atoms with Gasteiger partial charge < -0.3 is 4.74 Å². The smallest absolute Gasteiger partial charge is 0.302 e. The van der Waals surface area contributed by atoms with Gasteiger partial charge in [0.15, 0.2) is 5.78 Å². The van der Waals surface area contributed by atoms with Gasteiger partial charge in [0.25, 0.3) is 0 Å². The van der Waals surface area contributed by atoms with E-state index in [0.29, 0.717) is 18.8 Å². The summed E-state index contributed by atoms with van der Waals surface area (Å²) in [6, 6.07) is 0. The number of ketones is 1. The maximum absolute atomic E-state index is 15.7. The molecule has 5 heteroatoms. The zero-order chi connectivity index (χ0) is 18.9. The lowest BCUT2D eigenvalue weighted by atomic mass is 9.47. The van der Waals surface area contributed by atoms with Crippen LogP contribution in [0.2, 0.25) is 0 Å². The van der Waals surface area contributed by atoms with Crippen molar-refractivity contribution in [1.29, 1.82) is 0 Å². The minimum atomic E-state index is -0.918. The molecular weight excluding hydrogens is 399 g/mol. The number of fused-ring (bicyclic) bond motifs is 5.